The minimum atomic E-state index is 0.611. The van der Waals surface area contributed by atoms with Crippen molar-refractivity contribution >= 4 is 0 Å². The molecular formula is C11H15N. The van der Waals surface area contributed by atoms with Gasteiger partial charge in [0.15, 0.2) is 0 Å². The zero-order valence-corrected chi connectivity index (χ0v) is 7.67. The van der Waals surface area contributed by atoms with E-state index in [9.17, 15) is 0 Å². The molecule has 0 aliphatic carbocycles. The lowest BCUT2D eigenvalue weighted by Crippen LogP contribution is -2.43. The lowest BCUT2D eigenvalue weighted by molar-refractivity contribution is 0.288. The lowest BCUT2D eigenvalue weighted by Gasteiger charge is -2.35. The summed E-state index contributed by atoms with van der Waals surface area (Å²) in [6, 6.07) is 10.1. The predicted molar refractivity (Wildman–Crippen MR) is 51.1 cm³/mol. The summed E-state index contributed by atoms with van der Waals surface area (Å²) in [6.07, 6.45) is 1.28. The quantitative estimate of drug-likeness (QED) is 0.667. The van der Waals surface area contributed by atoms with E-state index in [1.54, 1.807) is 0 Å². The van der Waals surface area contributed by atoms with E-state index in [2.05, 4.69) is 43.4 Å². The minimum Gasteiger partial charge on any atom is -0.307 e. The van der Waals surface area contributed by atoms with Crippen LogP contribution in [0.5, 0.6) is 0 Å². The minimum absolute atomic E-state index is 0.611. The topological polar surface area (TPSA) is 12.0 Å². The molecule has 2 rings (SSSR count). The largest absolute Gasteiger partial charge is 0.307 e. The van der Waals surface area contributed by atoms with E-state index in [0.717, 1.165) is 0 Å². The highest BCUT2D eigenvalue weighted by Gasteiger charge is 2.25. The molecule has 0 saturated carbocycles. The van der Waals surface area contributed by atoms with Crippen LogP contribution in [0.4, 0.5) is 0 Å². The second-order valence-electron chi connectivity index (χ2n) is 3.77. The molecule has 1 aromatic carbocycles. The van der Waals surface area contributed by atoms with Crippen molar-refractivity contribution in [2.24, 2.45) is 0 Å². The summed E-state index contributed by atoms with van der Waals surface area (Å²) < 4.78 is 0. The van der Waals surface area contributed by atoms with Gasteiger partial charge in [-0.1, -0.05) is 29.8 Å². The molecule has 1 nitrogen and oxygen atoms in total. The standard InChI is InChI=1S/C11H15N/c1-8-4-3-5-10(6-8)11-7-9(2)12-11/h3-6,9,11-12H,7H2,1-2H3. The second-order valence-corrected chi connectivity index (χ2v) is 3.77. The van der Waals surface area contributed by atoms with E-state index in [1.165, 1.54) is 17.5 Å². The van der Waals surface area contributed by atoms with Gasteiger partial charge in [0.2, 0.25) is 0 Å². The van der Waals surface area contributed by atoms with Gasteiger partial charge < -0.3 is 5.32 Å². The highest BCUT2D eigenvalue weighted by molar-refractivity contribution is 5.26. The van der Waals surface area contributed by atoms with Crippen LogP contribution in [-0.4, -0.2) is 6.04 Å². The van der Waals surface area contributed by atoms with Gasteiger partial charge in [0.1, 0.15) is 0 Å². The number of rotatable bonds is 1. The third-order valence-corrected chi connectivity index (χ3v) is 2.52. The van der Waals surface area contributed by atoms with Gasteiger partial charge in [0.05, 0.1) is 0 Å². The van der Waals surface area contributed by atoms with Gasteiger partial charge in [-0.15, -0.1) is 0 Å². The van der Waals surface area contributed by atoms with Crippen molar-refractivity contribution in [3.63, 3.8) is 0 Å². The fourth-order valence-electron chi connectivity index (χ4n) is 1.79. The molecule has 1 aliphatic rings. The lowest BCUT2D eigenvalue weighted by atomic mass is 9.91. The molecule has 0 aromatic heterocycles. The number of hydrogen-bond donors (Lipinski definition) is 1. The molecule has 1 fully saturated rings. The molecule has 1 saturated heterocycles. The monoisotopic (exact) mass is 161 g/mol. The molecule has 0 radical (unpaired) electrons. The van der Waals surface area contributed by atoms with Crippen LogP contribution in [0, 0.1) is 6.92 Å². The van der Waals surface area contributed by atoms with Crippen molar-refractivity contribution in [2.75, 3.05) is 0 Å². The molecule has 64 valence electrons. The maximum atomic E-state index is 3.49. The second kappa shape index (κ2) is 2.91. The maximum absolute atomic E-state index is 3.49. The first-order chi connectivity index (χ1) is 5.75. The molecule has 0 amide bonds. The predicted octanol–water partition coefficient (Wildman–Crippen LogP) is 2.42. The van der Waals surface area contributed by atoms with Crippen LogP contribution in [0.1, 0.15) is 30.5 Å². The Hall–Kier alpha value is -0.820. The van der Waals surface area contributed by atoms with Gasteiger partial charge in [-0.3, -0.25) is 0 Å². The normalized spacial score (nSPS) is 28.2. The fraction of sp³-hybridized carbons (Fsp3) is 0.455. The van der Waals surface area contributed by atoms with Crippen LogP contribution in [0.15, 0.2) is 24.3 Å². The van der Waals surface area contributed by atoms with Crippen LogP contribution >= 0.6 is 0 Å². The number of nitrogens with one attached hydrogen (secondary N) is 1. The first kappa shape index (κ1) is 7.81. The molecule has 1 heteroatoms. The molecule has 1 aromatic rings. The third kappa shape index (κ3) is 1.37. The first-order valence-corrected chi connectivity index (χ1v) is 4.58. The number of aryl methyl sites for hydroxylation is 1. The summed E-state index contributed by atoms with van der Waals surface area (Å²) in [4.78, 5) is 0. The van der Waals surface area contributed by atoms with Crippen molar-refractivity contribution in [2.45, 2.75) is 32.4 Å². The van der Waals surface area contributed by atoms with Gasteiger partial charge >= 0.3 is 0 Å². The smallest absolute Gasteiger partial charge is 0.0337 e. The molecular weight excluding hydrogens is 146 g/mol. The fourth-order valence-corrected chi connectivity index (χ4v) is 1.79. The Balaban J connectivity index is 2.13. The maximum Gasteiger partial charge on any atom is 0.0337 e. The number of benzene rings is 1. The summed E-state index contributed by atoms with van der Waals surface area (Å²) in [7, 11) is 0. The van der Waals surface area contributed by atoms with Crippen molar-refractivity contribution in [1.29, 1.82) is 0 Å². The molecule has 2 atom stereocenters. The molecule has 2 unspecified atom stereocenters. The molecule has 0 spiro atoms. The average molecular weight is 161 g/mol. The molecule has 1 N–H and O–H groups in total. The molecule has 0 bridgehead atoms. The van der Waals surface area contributed by atoms with Crippen LogP contribution in [0.2, 0.25) is 0 Å². The number of hydrogen-bond acceptors (Lipinski definition) is 1. The van der Waals surface area contributed by atoms with Gasteiger partial charge in [-0.2, -0.15) is 0 Å². The zero-order chi connectivity index (χ0) is 8.55. The van der Waals surface area contributed by atoms with E-state index < -0.39 is 0 Å². The van der Waals surface area contributed by atoms with Gasteiger partial charge in [-0.05, 0) is 25.8 Å². The summed E-state index contributed by atoms with van der Waals surface area (Å²) >= 11 is 0. The van der Waals surface area contributed by atoms with E-state index >= 15 is 0 Å². The summed E-state index contributed by atoms with van der Waals surface area (Å²) in [5.41, 5.74) is 2.79. The van der Waals surface area contributed by atoms with Crippen molar-refractivity contribution < 1.29 is 0 Å². The highest BCUT2D eigenvalue weighted by Crippen LogP contribution is 2.27. The van der Waals surface area contributed by atoms with Crippen LogP contribution < -0.4 is 5.32 Å². The van der Waals surface area contributed by atoms with Gasteiger partial charge in [-0.25, -0.2) is 0 Å². The Bertz CT molecular complexity index is 274. The SMILES string of the molecule is Cc1cccc(C2CC(C)N2)c1. The Morgan fingerprint density at radius 1 is 1.42 bits per heavy atom. The van der Waals surface area contributed by atoms with E-state index in [-0.39, 0.29) is 0 Å². The van der Waals surface area contributed by atoms with Crippen LogP contribution in [0.3, 0.4) is 0 Å². The van der Waals surface area contributed by atoms with Gasteiger partial charge in [0.25, 0.3) is 0 Å². The highest BCUT2D eigenvalue weighted by atomic mass is 15.0. The molecule has 1 heterocycles. The van der Waals surface area contributed by atoms with Crippen LogP contribution in [0.25, 0.3) is 0 Å². The van der Waals surface area contributed by atoms with Crippen molar-refractivity contribution in [3.8, 4) is 0 Å². The Kier molecular flexibility index (Phi) is 1.89. The van der Waals surface area contributed by atoms with Crippen molar-refractivity contribution in [1.82, 2.24) is 5.32 Å². The Morgan fingerprint density at radius 2 is 2.17 bits per heavy atom. The molecule has 12 heavy (non-hydrogen) atoms. The van der Waals surface area contributed by atoms with E-state index in [1.807, 2.05) is 0 Å². The molecule has 1 aliphatic heterocycles. The zero-order valence-electron chi connectivity index (χ0n) is 7.67. The Labute approximate surface area is 73.8 Å². The first-order valence-electron chi connectivity index (χ1n) is 4.58. The van der Waals surface area contributed by atoms with Crippen LogP contribution in [-0.2, 0) is 0 Å². The summed E-state index contributed by atoms with van der Waals surface area (Å²) in [6.45, 7) is 4.37. The summed E-state index contributed by atoms with van der Waals surface area (Å²) in [5.74, 6) is 0. The van der Waals surface area contributed by atoms with E-state index in [0.29, 0.717) is 12.1 Å². The van der Waals surface area contributed by atoms with Gasteiger partial charge in [0, 0.05) is 12.1 Å². The summed E-state index contributed by atoms with van der Waals surface area (Å²) in [5, 5.41) is 3.49. The Morgan fingerprint density at radius 3 is 2.75 bits per heavy atom. The average Bonchev–Trinajstić information content (AvgIpc) is 1.99. The third-order valence-electron chi connectivity index (χ3n) is 2.52. The van der Waals surface area contributed by atoms with Crippen molar-refractivity contribution in [3.05, 3.63) is 35.4 Å². The van der Waals surface area contributed by atoms with E-state index in [4.69, 9.17) is 0 Å².